The molecule has 0 rings (SSSR count). The minimum absolute atomic E-state index is 0.123. The SMILES string of the molecule is CCOC(=O)CNC(=O)C(O)[C@H](CC(C)C)NC(=O)OC(C)(C)C. The van der Waals surface area contributed by atoms with E-state index in [2.05, 4.69) is 10.6 Å². The Balaban J connectivity index is 4.74. The summed E-state index contributed by atoms with van der Waals surface area (Å²) in [6.45, 7) is 10.4. The highest BCUT2D eigenvalue weighted by molar-refractivity contribution is 5.85. The highest BCUT2D eigenvalue weighted by Gasteiger charge is 2.30. The molecule has 0 fully saturated rings. The number of nitrogens with one attached hydrogen (secondary N) is 2. The van der Waals surface area contributed by atoms with E-state index in [1.807, 2.05) is 13.8 Å². The van der Waals surface area contributed by atoms with Crippen molar-refractivity contribution >= 4 is 18.0 Å². The molecule has 0 bridgehead atoms. The number of amides is 2. The van der Waals surface area contributed by atoms with Crippen LogP contribution in [-0.2, 0) is 19.1 Å². The lowest BCUT2D eigenvalue weighted by molar-refractivity contribution is -0.144. The van der Waals surface area contributed by atoms with Crippen molar-refractivity contribution in [3.8, 4) is 0 Å². The van der Waals surface area contributed by atoms with E-state index < -0.39 is 35.7 Å². The zero-order valence-corrected chi connectivity index (χ0v) is 15.3. The first-order valence-electron chi connectivity index (χ1n) is 8.07. The van der Waals surface area contributed by atoms with Crippen LogP contribution < -0.4 is 10.6 Å². The predicted octanol–water partition coefficient (Wildman–Crippen LogP) is 0.966. The van der Waals surface area contributed by atoms with E-state index >= 15 is 0 Å². The second kappa shape index (κ2) is 10.1. The zero-order valence-electron chi connectivity index (χ0n) is 15.3. The van der Waals surface area contributed by atoms with Gasteiger partial charge in [-0.2, -0.15) is 0 Å². The van der Waals surface area contributed by atoms with Gasteiger partial charge in [-0.1, -0.05) is 13.8 Å². The number of carbonyl (C=O) groups excluding carboxylic acids is 3. The van der Waals surface area contributed by atoms with Crippen molar-refractivity contribution in [2.75, 3.05) is 13.2 Å². The summed E-state index contributed by atoms with van der Waals surface area (Å²) >= 11 is 0. The van der Waals surface area contributed by atoms with E-state index in [1.54, 1.807) is 27.7 Å². The maximum absolute atomic E-state index is 12.0. The van der Waals surface area contributed by atoms with Crippen LogP contribution >= 0.6 is 0 Å². The molecule has 8 nitrogen and oxygen atoms in total. The van der Waals surface area contributed by atoms with Crippen LogP contribution in [0.3, 0.4) is 0 Å². The number of carbonyl (C=O) groups is 3. The van der Waals surface area contributed by atoms with E-state index in [0.29, 0.717) is 6.42 Å². The van der Waals surface area contributed by atoms with E-state index in [1.165, 1.54) is 0 Å². The summed E-state index contributed by atoms with van der Waals surface area (Å²) < 4.78 is 9.83. The van der Waals surface area contributed by atoms with Crippen LogP contribution in [0.2, 0.25) is 0 Å². The zero-order chi connectivity index (χ0) is 18.9. The monoisotopic (exact) mass is 346 g/mol. The fraction of sp³-hybridized carbons (Fsp3) is 0.812. The standard InChI is InChI=1S/C16H30N2O6/c1-7-23-12(19)9-17-14(21)13(20)11(8-10(2)3)18-15(22)24-16(4,5)6/h10-11,13,20H,7-9H2,1-6H3,(H,17,21)(H,18,22)/t11-,13?/m0/s1. The molecule has 0 aliphatic rings. The molecule has 0 saturated carbocycles. The molecule has 24 heavy (non-hydrogen) atoms. The van der Waals surface area contributed by atoms with Gasteiger partial charge in [0.15, 0.2) is 6.10 Å². The Morgan fingerprint density at radius 2 is 1.75 bits per heavy atom. The summed E-state index contributed by atoms with van der Waals surface area (Å²) in [4.78, 5) is 35.1. The number of esters is 1. The number of aliphatic hydroxyl groups excluding tert-OH is 1. The molecule has 2 atom stereocenters. The van der Waals surface area contributed by atoms with Crippen molar-refractivity contribution in [3.63, 3.8) is 0 Å². The number of aliphatic hydroxyl groups is 1. The minimum atomic E-state index is -1.51. The second-order valence-corrected chi connectivity index (χ2v) is 6.85. The van der Waals surface area contributed by atoms with Crippen LogP contribution in [-0.4, -0.2) is 54.0 Å². The van der Waals surface area contributed by atoms with Crippen LogP contribution in [0.5, 0.6) is 0 Å². The van der Waals surface area contributed by atoms with Crippen molar-refractivity contribution in [3.05, 3.63) is 0 Å². The number of hydrogen-bond donors (Lipinski definition) is 3. The van der Waals surface area contributed by atoms with E-state index in [0.717, 1.165) is 0 Å². The van der Waals surface area contributed by atoms with Gasteiger partial charge < -0.3 is 25.2 Å². The molecule has 8 heteroatoms. The molecule has 0 aliphatic carbocycles. The Morgan fingerprint density at radius 1 is 1.17 bits per heavy atom. The molecule has 0 radical (unpaired) electrons. The average Bonchev–Trinajstić information content (AvgIpc) is 2.41. The third kappa shape index (κ3) is 10.0. The third-order valence-corrected chi connectivity index (χ3v) is 2.79. The molecule has 1 unspecified atom stereocenters. The topological polar surface area (TPSA) is 114 Å². The van der Waals surface area contributed by atoms with Crippen molar-refractivity contribution in [2.45, 2.75) is 65.7 Å². The average molecular weight is 346 g/mol. The van der Waals surface area contributed by atoms with Crippen molar-refractivity contribution in [2.24, 2.45) is 5.92 Å². The van der Waals surface area contributed by atoms with Crippen LogP contribution in [0.15, 0.2) is 0 Å². The summed E-state index contributed by atoms with van der Waals surface area (Å²) in [5.41, 5.74) is -0.691. The molecule has 0 aromatic heterocycles. The van der Waals surface area contributed by atoms with Crippen LogP contribution in [0, 0.1) is 5.92 Å². The lowest BCUT2D eigenvalue weighted by atomic mass is 9.98. The first-order valence-corrected chi connectivity index (χ1v) is 8.07. The van der Waals surface area contributed by atoms with Gasteiger partial charge >= 0.3 is 12.1 Å². The maximum atomic E-state index is 12.0. The smallest absolute Gasteiger partial charge is 0.407 e. The molecule has 0 spiro atoms. The number of hydrogen-bond acceptors (Lipinski definition) is 6. The molecule has 0 aromatic carbocycles. The van der Waals surface area contributed by atoms with Gasteiger partial charge in [0.1, 0.15) is 12.1 Å². The van der Waals surface area contributed by atoms with Crippen LogP contribution in [0.4, 0.5) is 4.79 Å². The second-order valence-electron chi connectivity index (χ2n) is 6.85. The van der Waals surface area contributed by atoms with Gasteiger partial charge in [-0.05, 0) is 40.0 Å². The van der Waals surface area contributed by atoms with Crippen molar-refractivity contribution < 1.29 is 29.0 Å². The van der Waals surface area contributed by atoms with Gasteiger partial charge in [0.05, 0.1) is 12.6 Å². The fourth-order valence-corrected chi connectivity index (χ4v) is 1.89. The Kier molecular flexibility index (Phi) is 9.35. The summed E-state index contributed by atoms with van der Waals surface area (Å²) in [5.74, 6) is -1.24. The largest absolute Gasteiger partial charge is 0.465 e. The van der Waals surface area contributed by atoms with E-state index in [9.17, 15) is 19.5 Å². The highest BCUT2D eigenvalue weighted by atomic mass is 16.6. The van der Waals surface area contributed by atoms with E-state index in [-0.39, 0.29) is 19.1 Å². The first-order chi connectivity index (χ1) is 11.0. The third-order valence-electron chi connectivity index (χ3n) is 2.79. The normalized spacial score (nSPS) is 13.8. The predicted molar refractivity (Wildman–Crippen MR) is 88.3 cm³/mol. The molecule has 0 aliphatic heterocycles. The molecule has 140 valence electrons. The molecule has 3 N–H and O–H groups in total. The van der Waals surface area contributed by atoms with Gasteiger partial charge in [0.25, 0.3) is 5.91 Å². The Bertz CT molecular complexity index is 431. The lowest BCUT2D eigenvalue weighted by Crippen LogP contribution is -2.52. The summed E-state index contributed by atoms with van der Waals surface area (Å²) in [6, 6.07) is -0.831. The number of ether oxygens (including phenoxy) is 2. The summed E-state index contributed by atoms with van der Waals surface area (Å²) in [6.07, 6.45) is -1.85. The number of rotatable bonds is 8. The summed E-state index contributed by atoms with van der Waals surface area (Å²) in [7, 11) is 0. The molecule has 2 amide bonds. The van der Waals surface area contributed by atoms with Crippen molar-refractivity contribution in [1.82, 2.24) is 10.6 Å². The molecule has 0 heterocycles. The van der Waals surface area contributed by atoms with Crippen molar-refractivity contribution in [1.29, 1.82) is 0 Å². The maximum Gasteiger partial charge on any atom is 0.407 e. The summed E-state index contributed by atoms with van der Waals surface area (Å²) in [5, 5.41) is 15.0. The first kappa shape index (κ1) is 22.2. The van der Waals surface area contributed by atoms with Gasteiger partial charge in [-0.15, -0.1) is 0 Å². The number of alkyl carbamates (subject to hydrolysis) is 1. The molecule has 0 aromatic rings. The minimum Gasteiger partial charge on any atom is -0.465 e. The van der Waals surface area contributed by atoms with Crippen LogP contribution in [0.25, 0.3) is 0 Å². The quantitative estimate of drug-likeness (QED) is 0.564. The van der Waals surface area contributed by atoms with Gasteiger partial charge in [-0.3, -0.25) is 9.59 Å². The Morgan fingerprint density at radius 3 is 2.21 bits per heavy atom. The van der Waals surface area contributed by atoms with Gasteiger partial charge in [-0.25, -0.2) is 4.79 Å². The Hall–Kier alpha value is -1.83. The molecular formula is C16H30N2O6. The Labute approximate surface area is 143 Å². The molecule has 0 saturated heterocycles. The fourth-order valence-electron chi connectivity index (χ4n) is 1.89. The molecular weight excluding hydrogens is 316 g/mol. The van der Waals surface area contributed by atoms with E-state index in [4.69, 9.17) is 9.47 Å². The van der Waals surface area contributed by atoms with Gasteiger partial charge in [0.2, 0.25) is 0 Å². The lowest BCUT2D eigenvalue weighted by Gasteiger charge is -2.27. The highest BCUT2D eigenvalue weighted by Crippen LogP contribution is 2.12. The van der Waals surface area contributed by atoms with Crippen LogP contribution in [0.1, 0.15) is 48.0 Å². The van der Waals surface area contributed by atoms with Gasteiger partial charge in [0, 0.05) is 0 Å².